The molecule has 0 saturated carbocycles. The van der Waals surface area contributed by atoms with Gasteiger partial charge in [0.05, 0.1) is 0 Å². The molecule has 0 radical (unpaired) electrons. The average molecular weight is 189 g/mol. The van der Waals surface area contributed by atoms with Gasteiger partial charge in [-0.1, -0.05) is 18.2 Å². The summed E-state index contributed by atoms with van der Waals surface area (Å²) in [6, 6.07) is 8.58. The molecule has 13 heavy (non-hydrogen) atoms. The number of thiophene rings is 1. The molecule has 0 bridgehead atoms. The third-order valence-corrected chi connectivity index (χ3v) is 2.82. The molecule has 1 heterocycles. The Kier molecular flexibility index (Phi) is 2.43. The van der Waals surface area contributed by atoms with Crippen LogP contribution in [0.4, 0.5) is 0 Å². The van der Waals surface area contributed by atoms with Gasteiger partial charge in [0.1, 0.15) is 0 Å². The lowest BCUT2D eigenvalue weighted by atomic mass is 10.1. The lowest BCUT2D eigenvalue weighted by Crippen LogP contribution is -1.91. The van der Waals surface area contributed by atoms with Crippen LogP contribution in [0.5, 0.6) is 0 Å². The van der Waals surface area contributed by atoms with Crippen LogP contribution in [0.2, 0.25) is 0 Å². The monoisotopic (exact) mass is 189 g/mol. The molecule has 1 aromatic carbocycles. The van der Waals surface area contributed by atoms with Crippen LogP contribution in [0.15, 0.2) is 35.7 Å². The molecule has 2 N–H and O–H groups in total. The summed E-state index contributed by atoms with van der Waals surface area (Å²) >= 11 is 1.77. The molecule has 0 fully saturated rings. The molecule has 1 aromatic heterocycles. The highest BCUT2D eigenvalue weighted by molar-refractivity contribution is 7.17. The Morgan fingerprint density at radius 2 is 2.23 bits per heavy atom. The third-order valence-electron chi connectivity index (χ3n) is 1.92. The Labute approximate surface area is 81.5 Å². The first-order valence-electron chi connectivity index (χ1n) is 4.24. The SMILES string of the molecule is NCC=Cc1ccc2sccc2c1. The highest BCUT2D eigenvalue weighted by Gasteiger charge is 1.93. The number of benzene rings is 1. The lowest BCUT2D eigenvalue weighted by molar-refractivity contribution is 1.26. The Morgan fingerprint density at radius 1 is 1.31 bits per heavy atom. The normalized spacial score (nSPS) is 11.5. The van der Waals surface area contributed by atoms with E-state index in [4.69, 9.17) is 5.73 Å². The van der Waals surface area contributed by atoms with E-state index in [2.05, 4.69) is 35.7 Å². The fraction of sp³-hybridized carbons (Fsp3) is 0.0909. The summed E-state index contributed by atoms with van der Waals surface area (Å²) in [6.45, 7) is 0.599. The molecule has 2 aromatic rings. The van der Waals surface area contributed by atoms with Crippen molar-refractivity contribution < 1.29 is 0 Å². The fourth-order valence-electron chi connectivity index (χ4n) is 1.29. The molecule has 2 heteroatoms. The maximum Gasteiger partial charge on any atom is 0.0343 e. The quantitative estimate of drug-likeness (QED) is 0.772. The van der Waals surface area contributed by atoms with E-state index in [0.29, 0.717) is 6.54 Å². The summed E-state index contributed by atoms with van der Waals surface area (Å²) in [5.41, 5.74) is 6.60. The maximum absolute atomic E-state index is 5.38. The van der Waals surface area contributed by atoms with Crippen molar-refractivity contribution in [3.8, 4) is 0 Å². The Bertz CT molecular complexity index is 428. The molecule has 0 saturated heterocycles. The molecule has 0 spiro atoms. The van der Waals surface area contributed by atoms with Crippen LogP contribution in [0.25, 0.3) is 16.2 Å². The molecular weight excluding hydrogens is 178 g/mol. The molecule has 0 aliphatic heterocycles. The lowest BCUT2D eigenvalue weighted by Gasteiger charge is -1.93. The molecular formula is C11H11NS. The smallest absolute Gasteiger partial charge is 0.0343 e. The van der Waals surface area contributed by atoms with E-state index in [-0.39, 0.29) is 0 Å². The van der Waals surface area contributed by atoms with Gasteiger partial charge in [-0.15, -0.1) is 11.3 Å². The highest BCUT2D eigenvalue weighted by Crippen LogP contribution is 2.22. The summed E-state index contributed by atoms with van der Waals surface area (Å²) in [5, 5.41) is 3.42. The molecule has 0 amide bonds. The second-order valence-electron chi connectivity index (χ2n) is 2.86. The summed E-state index contributed by atoms with van der Waals surface area (Å²) in [4.78, 5) is 0. The number of rotatable bonds is 2. The van der Waals surface area contributed by atoms with Crippen LogP contribution < -0.4 is 5.73 Å². The molecule has 66 valence electrons. The number of nitrogens with two attached hydrogens (primary N) is 1. The largest absolute Gasteiger partial charge is 0.327 e. The number of hydrogen-bond acceptors (Lipinski definition) is 2. The zero-order chi connectivity index (χ0) is 9.10. The van der Waals surface area contributed by atoms with E-state index in [0.717, 1.165) is 0 Å². The molecule has 0 aliphatic rings. The van der Waals surface area contributed by atoms with E-state index in [9.17, 15) is 0 Å². The highest BCUT2D eigenvalue weighted by atomic mass is 32.1. The van der Waals surface area contributed by atoms with E-state index in [1.807, 2.05) is 6.08 Å². The van der Waals surface area contributed by atoms with Crippen LogP contribution in [0.3, 0.4) is 0 Å². The molecule has 0 atom stereocenters. The van der Waals surface area contributed by atoms with Crippen molar-refractivity contribution in [2.24, 2.45) is 5.73 Å². The van der Waals surface area contributed by atoms with Crippen LogP contribution >= 0.6 is 11.3 Å². The zero-order valence-electron chi connectivity index (χ0n) is 7.23. The van der Waals surface area contributed by atoms with Crippen LogP contribution in [0, 0.1) is 0 Å². The maximum atomic E-state index is 5.38. The van der Waals surface area contributed by atoms with Gasteiger partial charge in [0.15, 0.2) is 0 Å². The standard InChI is InChI=1S/C11H11NS/c12-6-1-2-9-3-4-11-10(8-9)5-7-13-11/h1-5,7-8H,6,12H2. The average Bonchev–Trinajstić information content (AvgIpc) is 2.61. The predicted molar refractivity (Wildman–Crippen MR) is 59.9 cm³/mol. The van der Waals surface area contributed by atoms with Crippen molar-refractivity contribution in [1.82, 2.24) is 0 Å². The number of hydrogen-bond donors (Lipinski definition) is 1. The van der Waals surface area contributed by atoms with Gasteiger partial charge in [0, 0.05) is 11.2 Å². The summed E-state index contributed by atoms with van der Waals surface area (Å²) in [5.74, 6) is 0. The van der Waals surface area contributed by atoms with E-state index in [1.165, 1.54) is 15.6 Å². The first-order chi connectivity index (χ1) is 6.40. The second kappa shape index (κ2) is 3.73. The minimum Gasteiger partial charge on any atom is -0.327 e. The second-order valence-corrected chi connectivity index (χ2v) is 3.80. The Hall–Kier alpha value is -1.12. The van der Waals surface area contributed by atoms with E-state index < -0.39 is 0 Å². The zero-order valence-corrected chi connectivity index (χ0v) is 8.05. The summed E-state index contributed by atoms with van der Waals surface area (Å²) < 4.78 is 1.34. The van der Waals surface area contributed by atoms with Gasteiger partial charge in [0.2, 0.25) is 0 Å². The third kappa shape index (κ3) is 1.79. The Morgan fingerprint density at radius 3 is 3.08 bits per heavy atom. The van der Waals surface area contributed by atoms with E-state index in [1.54, 1.807) is 11.3 Å². The minimum absolute atomic E-state index is 0.599. The van der Waals surface area contributed by atoms with Gasteiger partial charge in [0.25, 0.3) is 0 Å². The first kappa shape index (κ1) is 8.48. The van der Waals surface area contributed by atoms with Gasteiger partial charge in [-0.3, -0.25) is 0 Å². The van der Waals surface area contributed by atoms with Crippen molar-refractivity contribution in [3.63, 3.8) is 0 Å². The first-order valence-corrected chi connectivity index (χ1v) is 5.12. The van der Waals surface area contributed by atoms with Crippen molar-refractivity contribution in [2.75, 3.05) is 6.54 Å². The van der Waals surface area contributed by atoms with Crippen molar-refractivity contribution in [3.05, 3.63) is 41.3 Å². The Balaban J connectivity index is 2.42. The molecule has 0 aliphatic carbocycles. The summed E-state index contributed by atoms with van der Waals surface area (Å²) in [6.07, 6.45) is 4.02. The van der Waals surface area contributed by atoms with Gasteiger partial charge in [-0.25, -0.2) is 0 Å². The summed E-state index contributed by atoms with van der Waals surface area (Å²) in [7, 11) is 0. The molecule has 2 rings (SSSR count). The minimum atomic E-state index is 0.599. The fourth-order valence-corrected chi connectivity index (χ4v) is 2.06. The van der Waals surface area contributed by atoms with Crippen LogP contribution in [-0.4, -0.2) is 6.54 Å². The van der Waals surface area contributed by atoms with Gasteiger partial charge in [-0.05, 0) is 34.5 Å². The van der Waals surface area contributed by atoms with Gasteiger partial charge < -0.3 is 5.73 Å². The van der Waals surface area contributed by atoms with Crippen molar-refractivity contribution in [1.29, 1.82) is 0 Å². The van der Waals surface area contributed by atoms with Crippen LogP contribution in [0.1, 0.15) is 5.56 Å². The molecule has 0 unspecified atom stereocenters. The molecule has 1 nitrogen and oxygen atoms in total. The topological polar surface area (TPSA) is 26.0 Å². The van der Waals surface area contributed by atoms with Crippen LogP contribution in [-0.2, 0) is 0 Å². The van der Waals surface area contributed by atoms with Gasteiger partial charge in [-0.2, -0.15) is 0 Å². The predicted octanol–water partition coefficient (Wildman–Crippen LogP) is 2.87. The van der Waals surface area contributed by atoms with Crippen molar-refractivity contribution >= 4 is 27.5 Å². The van der Waals surface area contributed by atoms with Crippen molar-refractivity contribution in [2.45, 2.75) is 0 Å². The van der Waals surface area contributed by atoms with Gasteiger partial charge >= 0.3 is 0 Å². The van der Waals surface area contributed by atoms with E-state index >= 15 is 0 Å². The number of fused-ring (bicyclic) bond motifs is 1.